The van der Waals surface area contributed by atoms with Gasteiger partial charge in [-0.3, -0.25) is 0 Å². The fraction of sp³-hybridized carbons (Fsp3) is 0.500. The fourth-order valence-electron chi connectivity index (χ4n) is 4.03. The number of pyridine rings is 2. The van der Waals surface area contributed by atoms with Gasteiger partial charge >= 0.3 is 19.1 Å². The van der Waals surface area contributed by atoms with E-state index in [-0.39, 0.29) is 29.1 Å². The van der Waals surface area contributed by atoms with Gasteiger partial charge in [0.1, 0.15) is 23.3 Å². The Morgan fingerprint density at radius 2 is 1.37 bits per heavy atom. The molecular formula is C24H32BBrN4O8. The van der Waals surface area contributed by atoms with Crippen molar-refractivity contribution in [2.45, 2.75) is 25.0 Å². The molecule has 0 amide bonds. The predicted molar refractivity (Wildman–Crippen MR) is 142 cm³/mol. The highest BCUT2D eigenvalue weighted by Crippen LogP contribution is 2.24. The summed E-state index contributed by atoms with van der Waals surface area (Å²) in [5.41, 5.74) is 0.551. The highest BCUT2D eigenvalue weighted by atomic mass is 79.9. The molecule has 2 unspecified atom stereocenters. The normalized spacial score (nSPS) is 19.3. The third-order valence-electron chi connectivity index (χ3n) is 6.05. The lowest BCUT2D eigenvalue weighted by Crippen LogP contribution is -2.32. The van der Waals surface area contributed by atoms with Crippen LogP contribution in [0.5, 0.6) is 11.8 Å². The Bertz CT molecular complexity index is 1120. The topological polar surface area (TPSA) is 144 Å². The minimum absolute atomic E-state index is 0.0409. The van der Waals surface area contributed by atoms with E-state index in [1.807, 2.05) is 14.1 Å². The Morgan fingerprint density at radius 3 is 1.79 bits per heavy atom. The van der Waals surface area contributed by atoms with E-state index in [0.717, 1.165) is 43.5 Å². The van der Waals surface area contributed by atoms with Crippen molar-refractivity contribution in [3.05, 3.63) is 40.1 Å². The number of likely N-dealkylation sites (tertiary alicyclic amines) is 2. The van der Waals surface area contributed by atoms with Gasteiger partial charge in [-0.25, -0.2) is 19.6 Å². The molecule has 14 heteroatoms. The smallest absolute Gasteiger partial charge is 0.472 e. The molecule has 2 aliphatic heterocycles. The molecule has 0 bridgehead atoms. The average Bonchev–Trinajstić information content (AvgIpc) is 3.51. The number of halogens is 1. The summed E-state index contributed by atoms with van der Waals surface area (Å²) >= 11 is 3.28. The lowest BCUT2D eigenvalue weighted by molar-refractivity contribution is 0.0582. The zero-order valence-corrected chi connectivity index (χ0v) is 23.4. The molecule has 4 heterocycles. The Balaban J connectivity index is 0.000000212. The molecule has 206 valence electrons. The van der Waals surface area contributed by atoms with Gasteiger partial charge in [0.05, 0.1) is 14.2 Å². The maximum Gasteiger partial charge on any atom is 0.490 e. The lowest BCUT2D eigenvalue weighted by atomic mass is 9.81. The van der Waals surface area contributed by atoms with Crippen molar-refractivity contribution >= 4 is 40.4 Å². The second kappa shape index (κ2) is 13.9. The van der Waals surface area contributed by atoms with E-state index in [1.54, 1.807) is 12.3 Å². The largest absolute Gasteiger partial charge is 0.490 e. The molecule has 0 aliphatic carbocycles. The molecule has 0 radical (unpaired) electrons. The maximum atomic E-state index is 11.7. The van der Waals surface area contributed by atoms with Gasteiger partial charge in [-0.1, -0.05) is 0 Å². The molecule has 2 N–H and O–H groups in total. The van der Waals surface area contributed by atoms with E-state index in [2.05, 4.69) is 40.4 Å². The van der Waals surface area contributed by atoms with Crippen molar-refractivity contribution in [2.24, 2.45) is 0 Å². The molecule has 2 saturated heterocycles. The maximum absolute atomic E-state index is 11.7. The molecule has 2 fully saturated rings. The first kappa shape index (κ1) is 29.8. The highest BCUT2D eigenvalue weighted by molar-refractivity contribution is 9.10. The van der Waals surface area contributed by atoms with Crippen LogP contribution < -0.4 is 14.9 Å². The Morgan fingerprint density at radius 1 is 0.895 bits per heavy atom. The number of hydrogen-bond donors (Lipinski definition) is 2. The molecule has 38 heavy (non-hydrogen) atoms. The SMILES string of the molecule is COC(=O)c1cc(B(O)O)cnc1OC1CCN(C)C1.COC(=O)c1cc(Br)cnc1OC1CCN(C)C1. The van der Waals surface area contributed by atoms with Crippen LogP contribution in [0.3, 0.4) is 0 Å². The van der Waals surface area contributed by atoms with Gasteiger partial charge in [-0.05, 0) is 55.0 Å². The Hall–Kier alpha value is -2.78. The lowest BCUT2D eigenvalue weighted by Gasteiger charge is -2.15. The van der Waals surface area contributed by atoms with Gasteiger partial charge < -0.3 is 38.8 Å². The van der Waals surface area contributed by atoms with Crippen molar-refractivity contribution in [3.63, 3.8) is 0 Å². The van der Waals surface area contributed by atoms with E-state index in [4.69, 9.17) is 24.3 Å². The van der Waals surface area contributed by atoms with Crippen molar-refractivity contribution in [3.8, 4) is 11.8 Å². The van der Waals surface area contributed by atoms with Crippen molar-refractivity contribution < 1.29 is 38.6 Å². The minimum atomic E-state index is -1.70. The number of esters is 2. The van der Waals surface area contributed by atoms with Crippen LogP contribution in [0.1, 0.15) is 33.6 Å². The standard InChI is InChI=1S/C12H17BN2O5.C12H15BrN2O3/c1-15-4-3-9(7-15)20-11-10(12(16)19-2)5-8(6-14-11)13(17)18;1-15-4-3-9(7-15)18-11-10(12(16)17-2)5-8(13)6-14-11/h5-6,9,17-18H,3-4,7H2,1-2H3;5-6,9H,3-4,7H2,1-2H3. The number of aromatic nitrogens is 2. The van der Waals surface area contributed by atoms with Gasteiger partial charge in [-0.15, -0.1) is 0 Å². The second-order valence-corrected chi connectivity index (χ2v) is 9.98. The molecule has 0 spiro atoms. The highest BCUT2D eigenvalue weighted by Gasteiger charge is 2.26. The summed E-state index contributed by atoms with van der Waals surface area (Å²) in [5, 5.41) is 18.3. The zero-order chi connectivity index (χ0) is 27.8. The van der Waals surface area contributed by atoms with Crippen LogP contribution in [0.4, 0.5) is 0 Å². The summed E-state index contributed by atoms with van der Waals surface area (Å²) in [7, 11) is 4.93. The predicted octanol–water partition coefficient (Wildman–Crippen LogP) is 0.345. The van der Waals surface area contributed by atoms with Crippen molar-refractivity contribution in [2.75, 3.05) is 54.5 Å². The van der Waals surface area contributed by atoms with Crippen LogP contribution in [0.2, 0.25) is 0 Å². The van der Waals surface area contributed by atoms with Gasteiger partial charge in [0.2, 0.25) is 11.8 Å². The molecular weight excluding hydrogens is 563 g/mol. The second-order valence-electron chi connectivity index (χ2n) is 9.07. The molecule has 4 rings (SSSR count). The van der Waals surface area contributed by atoms with E-state index < -0.39 is 19.1 Å². The van der Waals surface area contributed by atoms with Crippen LogP contribution in [-0.2, 0) is 9.47 Å². The first-order valence-electron chi connectivity index (χ1n) is 12.0. The zero-order valence-electron chi connectivity index (χ0n) is 21.8. The number of ether oxygens (including phenoxy) is 4. The number of nitrogens with zero attached hydrogens (tertiary/aromatic N) is 4. The summed E-state index contributed by atoms with van der Waals surface area (Å²) in [5.74, 6) is -0.571. The van der Waals surface area contributed by atoms with Gasteiger partial charge in [0, 0.05) is 48.5 Å². The summed E-state index contributed by atoms with van der Waals surface area (Å²) in [4.78, 5) is 35.8. The molecule has 0 saturated carbocycles. The Labute approximate surface area is 230 Å². The number of likely N-dealkylation sites (N-methyl/N-ethyl adjacent to an activating group) is 2. The van der Waals surface area contributed by atoms with Gasteiger partial charge in [-0.2, -0.15) is 0 Å². The Kier molecular flexibility index (Phi) is 10.9. The number of carbonyl (C=O) groups is 2. The van der Waals surface area contributed by atoms with E-state index >= 15 is 0 Å². The number of hydrogen-bond acceptors (Lipinski definition) is 12. The minimum Gasteiger partial charge on any atom is -0.472 e. The third kappa shape index (κ3) is 8.11. The molecule has 2 atom stereocenters. The number of rotatable bonds is 7. The van der Waals surface area contributed by atoms with Crippen LogP contribution in [0, 0.1) is 0 Å². The molecule has 12 nitrogen and oxygen atoms in total. The van der Waals surface area contributed by atoms with E-state index in [1.165, 1.54) is 26.5 Å². The third-order valence-corrected chi connectivity index (χ3v) is 6.49. The van der Waals surface area contributed by atoms with Crippen molar-refractivity contribution in [1.82, 2.24) is 19.8 Å². The summed E-state index contributed by atoms with van der Waals surface area (Å²) in [6.45, 7) is 3.52. The van der Waals surface area contributed by atoms with Crippen molar-refractivity contribution in [1.29, 1.82) is 0 Å². The fourth-order valence-corrected chi connectivity index (χ4v) is 4.37. The monoisotopic (exact) mass is 594 g/mol. The van der Waals surface area contributed by atoms with Gasteiger partial charge in [0.25, 0.3) is 0 Å². The van der Waals surface area contributed by atoms with Crippen LogP contribution in [-0.4, -0.2) is 116 Å². The molecule has 2 aromatic heterocycles. The quantitative estimate of drug-likeness (QED) is 0.337. The summed E-state index contributed by atoms with van der Waals surface area (Å²) in [6, 6.07) is 2.98. The molecule has 2 aliphatic rings. The molecule has 2 aromatic rings. The van der Waals surface area contributed by atoms with Crippen LogP contribution in [0.15, 0.2) is 29.0 Å². The number of carbonyl (C=O) groups excluding carboxylic acids is 2. The first-order chi connectivity index (χ1) is 18.1. The molecule has 0 aromatic carbocycles. The summed E-state index contributed by atoms with van der Waals surface area (Å²) in [6.07, 6.45) is 4.71. The summed E-state index contributed by atoms with van der Waals surface area (Å²) < 4.78 is 21.6. The van der Waals surface area contributed by atoms with Crippen LogP contribution >= 0.6 is 15.9 Å². The van der Waals surface area contributed by atoms with E-state index in [0.29, 0.717) is 11.4 Å². The van der Waals surface area contributed by atoms with Crippen LogP contribution in [0.25, 0.3) is 0 Å². The average molecular weight is 595 g/mol. The van der Waals surface area contributed by atoms with Gasteiger partial charge in [0.15, 0.2) is 0 Å². The number of methoxy groups -OCH3 is 2. The van der Waals surface area contributed by atoms with E-state index in [9.17, 15) is 9.59 Å². The first-order valence-corrected chi connectivity index (χ1v) is 12.8.